The molecule has 5 heteroatoms. The van der Waals surface area contributed by atoms with Crippen molar-refractivity contribution in [2.24, 2.45) is 5.92 Å². The van der Waals surface area contributed by atoms with Crippen molar-refractivity contribution in [2.45, 2.75) is 33.6 Å². The van der Waals surface area contributed by atoms with Gasteiger partial charge in [-0.05, 0) is 18.9 Å². The van der Waals surface area contributed by atoms with Gasteiger partial charge in [0.1, 0.15) is 5.82 Å². The normalized spacial score (nSPS) is 10.6. The number of nitrogens with zero attached hydrogens (tertiary/aromatic N) is 1. The lowest BCUT2D eigenvalue weighted by Gasteiger charge is -2.14. The molecule has 0 saturated heterocycles. The fourth-order valence-corrected chi connectivity index (χ4v) is 1.99. The molecule has 1 aromatic rings. The molecule has 1 heterocycles. The highest BCUT2D eigenvalue weighted by Crippen LogP contribution is 2.18. The molecule has 0 aromatic carbocycles. The Labute approximate surface area is 120 Å². The number of carbonyl (C=O) groups is 1. The van der Waals surface area contributed by atoms with Crippen molar-refractivity contribution in [1.82, 2.24) is 10.3 Å². The van der Waals surface area contributed by atoms with Crippen LogP contribution in [-0.2, 0) is 0 Å². The summed E-state index contributed by atoms with van der Waals surface area (Å²) < 4.78 is 0. The van der Waals surface area contributed by atoms with Crippen LogP contribution in [0.5, 0.6) is 0 Å². The van der Waals surface area contributed by atoms with Gasteiger partial charge >= 0.3 is 0 Å². The minimum Gasteiger partial charge on any atom is -0.370 e. The van der Waals surface area contributed by atoms with E-state index in [2.05, 4.69) is 29.5 Å². The fourth-order valence-electron chi connectivity index (χ4n) is 1.80. The summed E-state index contributed by atoms with van der Waals surface area (Å²) in [7, 11) is 0. The lowest BCUT2D eigenvalue weighted by Crippen LogP contribution is -2.29. The maximum Gasteiger partial charge on any atom is 0.252 e. The number of nitrogens with one attached hydrogen (secondary N) is 2. The van der Waals surface area contributed by atoms with E-state index in [1.54, 1.807) is 6.07 Å². The molecule has 0 atom stereocenters. The largest absolute Gasteiger partial charge is 0.370 e. The third-order valence-corrected chi connectivity index (χ3v) is 3.47. The molecule has 0 aliphatic rings. The zero-order chi connectivity index (χ0) is 14.3. The molecule has 1 amide bonds. The van der Waals surface area contributed by atoms with Crippen molar-refractivity contribution < 1.29 is 4.79 Å². The number of pyridine rings is 1. The van der Waals surface area contributed by atoms with Crippen molar-refractivity contribution in [3.8, 4) is 0 Å². The minimum absolute atomic E-state index is 0.140. The van der Waals surface area contributed by atoms with E-state index in [9.17, 15) is 4.79 Å². The van der Waals surface area contributed by atoms with E-state index in [1.165, 1.54) is 6.20 Å². The van der Waals surface area contributed by atoms with E-state index < -0.39 is 0 Å². The number of hydrogen-bond acceptors (Lipinski definition) is 3. The van der Waals surface area contributed by atoms with Crippen molar-refractivity contribution in [2.75, 3.05) is 18.4 Å². The molecular weight excluding hydrogens is 262 g/mol. The van der Waals surface area contributed by atoms with Crippen LogP contribution in [0.2, 0.25) is 5.02 Å². The van der Waals surface area contributed by atoms with Gasteiger partial charge in [0.15, 0.2) is 0 Å². The molecule has 0 fully saturated rings. The standard InChI is InChI=1S/C14H22ClN3O/c1-4-10(5-2)8-18-14(19)11-7-13(16-6-3)17-9-12(11)15/h7,9-10H,4-6,8H2,1-3H3,(H,16,17)(H,18,19). The summed E-state index contributed by atoms with van der Waals surface area (Å²) in [5.74, 6) is 1.04. The van der Waals surface area contributed by atoms with Crippen LogP contribution in [0.3, 0.4) is 0 Å². The predicted molar refractivity (Wildman–Crippen MR) is 79.8 cm³/mol. The van der Waals surface area contributed by atoms with Crippen LogP contribution in [0.25, 0.3) is 0 Å². The van der Waals surface area contributed by atoms with Crippen LogP contribution in [0.15, 0.2) is 12.3 Å². The topological polar surface area (TPSA) is 54.0 Å². The smallest absolute Gasteiger partial charge is 0.252 e. The van der Waals surface area contributed by atoms with E-state index >= 15 is 0 Å². The minimum atomic E-state index is -0.140. The molecule has 1 rings (SSSR count). The molecule has 19 heavy (non-hydrogen) atoms. The van der Waals surface area contributed by atoms with E-state index in [1.807, 2.05) is 6.92 Å². The highest BCUT2D eigenvalue weighted by Gasteiger charge is 2.13. The monoisotopic (exact) mass is 283 g/mol. The molecule has 0 aliphatic heterocycles. The number of aromatic nitrogens is 1. The zero-order valence-electron chi connectivity index (χ0n) is 11.8. The summed E-state index contributed by atoms with van der Waals surface area (Å²) in [6, 6.07) is 1.69. The molecule has 106 valence electrons. The van der Waals surface area contributed by atoms with Crippen LogP contribution in [0.4, 0.5) is 5.82 Å². The van der Waals surface area contributed by atoms with Gasteiger partial charge in [-0.3, -0.25) is 4.79 Å². The van der Waals surface area contributed by atoms with Crippen molar-refractivity contribution in [1.29, 1.82) is 0 Å². The number of hydrogen-bond donors (Lipinski definition) is 2. The Kier molecular flexibility index (Phi) is 6.64. The molecule has 2 N–H and O–H groups in total. The molecule has 1 aromatic heterocycles. The Bertz CT molecular complexity index is 419. The van der Waals surface area contributed by atoms with Crippen molar-refractivity contribution >= 4 is 23.3 Å². The average Bonchev–Trinajstić information content (AvgIpc) is 2.42. The highest BCUT2D eigenvalue weighted by molar-refractivity contribution is 6.33. The summed E-state index contributed by atoms with van der Waals surface area (Å²) in [5, 5.41) is 6.38. The fraction of sp³-hybridized carbons (Fsp3) is 0.571. The molecule has 0 unspecified atom stereocenters. The van der Waals surface area contributed by atoms with Crippen LogP contribution >= 0.6 is 11.6 Å². The average molecular weight is 284 g/mol. The summed E-state index contributed by atoms with van der Waals surface area (Å²) in [5.41, 5.74) is 0.471. The molecule has 0 aliphatic carbocycles. The number of carbonyl (C=O) groups excluding carboxylic acids is 1. The molecule has 0 saturated carbocycles. The second kappa shape index (κ2) is 8.00. The van der Waals surface area contributed by atoms with Crippen LogP contribution < -0.4 is 10.6 Å². The number of amides is 1. The van der Waals surface area contributed by atoms with E-state index in [4.69, 9.17) is 11.6 Å². The van der Waals surface area contributed by atoms with E-state index in [0.29, 0.717) is 28.9 Å². The summed E-state index contributed by atoms with van der Waals surface area (Å²) in [6.45, 7) is 7.67. The third-order valence-electron chi connectivity index (χ3n) is 3.16. The van der Waals surface area contributed by atoms with Gasteiger partial charge in [-0.1, -0.05) is 38.3 Å². The first-order valence-electron chi connectivity index (χ1n) is 6.79. The Morgan fingerprint density at radius 2 is 2.05 bits per heavy atom. The summed E-state index contributed by atoms with van der Waals surface area (Å²) >= 11 is 6.02. The Hall–Kier alpha value is -1.29. The second-order valence-corrected chi connectivity index (χ2v) is 4.88. The SMILES string of the molecule is CCNc1cc(C(=O)NCC(CC)CC)c(Cl)cn1. The first-order chi connectivity index (χ1) is 9.12. The third kappa shape index (κ3) is 4.71. The number of rotatable bonds is 7. The van der Waals surface area contributed by atoms with Crippen LogP contribution in [0.1, 0.15) is 44.0 Å². The first kappa shape index (κ1) is 15.8. The van der Waals surface area contributed by atoms with Gasteiger partial charge in [0, 0.05) is 19.3 Å². The molecule has 0 radical (unpaired) electrons. The van der Waals surface area contributed by atoms with Gasteiger partial charge in [-0.25, -0.2) is 4.98 Å². The molecule has 4 nitrogen and oxygen atoms in total. The van der Waals surface area contributed by atoms with Crippen molar-refractivity contribution in [3.63, 3.8) is 0 Å². The van der Waals surface area contributed by atoms with Gasteiger partial charge in [0.2, 0.25) is 0 Å². The maximum atomic E-state index is 12.1. The highest BCUT2D eigenvalue weighted by atomic mass is 35.5. The molecule has 0 bridgehead atoms. The van der Waals surface area contributed by atoms with Gasteiger partial charge < -0.3 is 10.6 Å². The number of halogens is 1. The lowest BCUT2D eigenvalue weighted by atomic mass is 10.0. The summed E-state index contributed by atoms with van der Waals surface area (Å²) in [6.07, 6.45) is 3.62. The second-order valence-electron chi connectivity index (χ2n) is 4.47. The van der Waals surface area contributed by atoms with Gasteiger partial charge in [0.05, 0.1) is 10.6 Å². The Morgan fingerprint density at radius 3 is 2.63 bits per heavy atom. The van der Waals surface area contributed by atoms with Gasteiger partial charge in [-0.2, -0.15) is 0 Å². The van der Waals surface area contributed by atoms with Gasteiger partial charge in [0.25, 0.3) is 5.91 Å². The maximum absolute atomic E-state index is 12.1. The Morgan fingerprint density at radius 1 is 1.37 bits per heavy atom. The quantitative estimate of drug-likeness (QED) is 0.807. The zero-order valence-corrected chi connectivity index (χ0v) is 12.5. The van der Waals surface area contributed by atoms with Crippen LogP contribution in [-0.4, -0.2) is 24.0 Å². The Balaban J connectivity index is 2.72. The van der Waals surface area contributed by atoms with E-state index in [0.717, 1.165) is 19.4 Å². The van der Waals surface area contributed by atoms with E-state index in [-0.39, 0.29) is 5.91 Å². The number of anilines is 1. The lowest BCUT2D eigenvalue weighted by molar-refractivity contribution is 0.0946. The predicted octanol–water partition coefficient (Wildman–Crippen LogP) is 3.33. The van der Waals surface area contributed by atoms with Crippen molar-refractivity contribution in [3.05, 3.63) is 22.8 Å². The van der Waals surface area contributed by atoms with Crippen LogP contribution in [0, 0.1) is 5.92 Å². The molecule has 0 spiro atoms. The molecular formula is C14H22ClN3O. The first-order valence-corrected chi connectivity index (χ1v) is 7.17. The summed E-state index contributed by atoms with van der Waals surface area (Å²) in [4.78, 5) is 16.2. The van der Waals surface area contributed by atoms with Gasteiger partial charge in [-0.15, -0.1) is 0 Å².